The van der Waals surface area contributed by atoms with E-state index >= 15 is 0 Å². The van der Waals surface area contributed by atoms with E-state index < -0.39 is 0 Å². The molecule has 0 bridgehead atoms. The smallest absolute Gasteiger partial charge is 0.317 e. The highest BCUT2D eigenvalue weighted by Crippen LogP contribution is 2.18. The molecule has 0 aliphatic carbocycles. The van der Waals surface area contributed by atoms with Crippen molar-refractivity contribution in [2.75, 3.05) is 33.3 Å². The molecule has 2 rings (SSSR count). The van der Waals surface area contributed by atoms with E-state index in [9.17, 15) is 4.79 Å². The summed E-state index contributed by atoms with van der Waals surface area (Å²) in [6.07, 6.45) is 2.65. The van der Waals surface area contributed by atoms with Gasteiger partial charge in [-0.15, -0.1) is 0 Å². The number of aliphatic hydroxyl groups is 1. The number of hydrogen-bond donors (Lipinski definition) is 2. The molecule has 0 aromatic heterocycles. The van der Waals surface area contributed by atoms with Crippen molar-refractivity contribution in [3.05, 3.63) is 35.4 Å². The molecule has 2 N–H and O–H groups in total. The van der Waals surface area contributed by atoms with Crippen molar-refractivity contribution < 1.29 is 9.90 Å². The predicted molar refractivity (Wildman–Crippen MR) is 92.1 cm³/mol. The van der Waals surface area contributed by atoms with E-state index in [1.165, 1.54) is 36.4 Å². The molecule has 1 aliphatic heterocycles. The lowest BCUT2D eigenvalue weighted by Gasteiger charge is -2.30. The van der Waals surface area contributed by atoms with Crippen LogP contribution in [0.2, 0.25) is 0 Å². The van der Waals surface area contributed by atoms with Gasteiger partial charge < -0.3 is 15.3 Å². The first-order valence-electron chi connectivity index (χ1n) is 8.48. The minimum atomic E-state index is -0.162. The number of amides is 2. The summed E-state index contributed by atoms with van der Waals surface area (Å²) >= 11 is 0. The van der Waals surface area contributed by atoms with Gasteiger partial charge in [-0.2, -0.15) is 0 Å². The minimum absolute atomic E-state index is 0.0201. The highest BCUT2D eigenvalue weighted by atomic mass is 16.3. The Bertz CT molecular complexity index is 490. The van der Waals surface area contributed by atoms with Crippen LogP contribution in [0.5, 0.6) is 0 Å². The van der Waals surface area contributed by atoms with Crippen LogP contribution in [0.25, 0.3) is 0 Å². The molecule has 0 saturated carbocycles. The number of likely N-dealkylation sites (N-methyl/N-ethyl adjacent to an activating group) is 1. The van der Waals surface area contributed by atoms with Gasteiger partial charge in [0.25, 0.3) is 0 Å². The van der Waals surface area contributed by atoms with Gasteiger partial charge in [-0.25, -0.2) is 4.79 Å². The molecule has 1 atom stereocenters. The Morgan fingerprint density at radius 3 is 2.70 bits per heavy atom. The predicted octanol–water partition coefficient (Wildman–Crippen LogP) is 2.05. The van der Waals surface area contributed by atoms with E-state index in [-0.39, 0.29) is 12.6 Å². The number of hydrogen-bond acceptors (Lipinski definition) is 3. The molecular weight excluding hydrogens is 290 g/mol. The Hall–Kier alpha value is -1.59. The van der Waals surface area contributed by atoms with Crippen LogP contribution in [-0.2, 0) is 13.1 Å². The van der Waals surface area contributed by atoms with Crippen LogP contribution in [0.1, 0.15) is 30.9 Å². The Morgan fingerprint density at radius 1 is 1.35 bits per heavy atom. The van der Waals surface area contributed by atoms with Gasteiger partial charge in [-0.3, -0.25) is 4.90 Å². The van der Waals surface area contributed by atoms with E-state index in [4.69, 9.17) is 5.11 Å². The lowest BCUT2D eigenvalue weighted by atomic mass is 9.99. The maximum Gasteiger partial charge on any atom is 0.317 e. The van der Waals surface area contributed by atoms with Gasteiger partial charge in [-0.05, 0) is 36.4 Å². The van der Waals surface area contributed by atoms with Crippen LogP contribution in [0, 0.1) is 5.92 Å². The van der Waals surface area contributed by atoms with Gasteiger partial charge in [0.05, 0.1) is 6.61 Å². The number of nitrogens with zero attached hydrogens (tertiary/aromatic N) is 2. The third-order valence-electron chi connectivity index (χ3n) is 4.40. The zero-order valence-electron chi connectivity index (χ0n) is 14.3. The van der Waals surface area contributed by atoms with Gasteiger partial charge >= 0.3 is 6.03 Å². The van der Waals surface area contributed by atoms with E-state index in [2.05, 4.69) is 41.4 Å². The summed E-state index contributed by atoms with van der Waals surface area (Å²) in [5.41, 5.74) is 2.41. The van der Waals surface area contributed by atoms with Gasteiger partial charge in [-0.1, -0.05) is 31.2 Å². The number of aliphatic hydroxyl groups excluding tert-OH is 1. The van der Waals surface area contributed by atoms with E-state index in [0.29, 0.717) is 13.1 Å². The minimum Gasteiger partial charge on any atom is -0.395 e. The molecule has 5 heteroatoms. The number of nitrogens with one attached hydrogen (secondary N) is 1. The lowest BCUT2D eigenvalue weighted by Crippen LogP contribution is -2.38. The highest BCUT2D eigenvalue weighted by Gasteiger charge is 2.16. The Morgan fingerprint density at radius 2 is 2.04 bits per heavy atom. The first-order valence-corrected chi connectivity index (χ1v) is 8.48. The maximum atomic E-state index is 11.8. The summed E-state index contributed by atoms with van der Waals surface area (Å²) < 4.78 is 0. The average Bonchev–Trinajstić information content (AvgIpc) is 2.54. The van der Waals surface area contributed by atoms with Gasteiger partial charge in [0.15, 0.2) is 0 Å². The third kappa shape index (κ3) is 5.84. The molecule has 0 spiro atoms. The maximum absolute atomic E-state index is 11.8. The average molecular weight is 319 g/mol. The number of likely N-dealkylation sites (tertiary alicyclic amines) is 1. The number of rotatable bonds is 6. The number of carbonyl (C=O) groups excluding carboxylic acids is 1. The fourth-order valence-electron chi connectivity index (χ4n) is 3.02. The number of carbonyl (C=O) groups is 1. The van der Waals surface area contributed by atoms with Crippen LogP contribution < -0.4 is 5.32 Å². The van der Waals surface area contributed by atoms with Crippen molar-refractivity contribution in [1.82, 2.24) is 15.1 Å². The summed E-state index contributed by atoms with van der Waals surface area (Å²) in [6, 6.07) is 8.30. The molecule has 1 unspecified atom stereocenters. The molecule has 1 aliphatic rings. The molecule has 1 aromatic rings. The third-order valence-corrected chi connectivity index (χ3v) is 4.40. The topological polar surface area (TPSA) is 55.8 Å². The van der Waals surface area contributed by atoms with Crippen LogP contribution in [0.15, 0.2) is 24.3 Å². The molecule has 128 valence electrons. The Balaban J connectivity index is 1.79. The van der Waals surface area contributed by atoms with Crippen molar-refractivity contribution in [3.63, 3.8) is 0 Å². The molecule has 5 nitrogen and oxygen atoms in total. The quantitative estimate of drug-likeness (QED) is 0.844. The fourth-order valence-corrected chi connectivity index (χ4v) is 3.02. The SMILES string of the molecule is CC1CCCN(Cc2ccc(CNC(=O)N(C)CCO)cc2)C1. The molecule has 1 fully saturated rings. The molecule has 2 amide bonds. The van der Waals surface area contributed by atoms with Crippen LogP contribution in [-0.4, -0.2) is 54.2 Å². The van der Waals surface area contributed by atoms with E-state index in [0.717, 1.165) is 18.0 Å². The van der Waals surface area contributed by atoms with E-state index in [1.807, 2.05) is 0 Å². The first kappa shape index (κ1) is 17.8. The van der Waals surface area contributed by atoms with Crippen molar-refractivity contribution in [3.8, 4) is 0 Å². The second-order valence-electron chi connectivity index (χ2n) is 6.60. The second kappa shape index (κ2) is 8.89. The highest BCUT2D eigenvalue weighted by molar-refractivity contribution is 5.73. The van der Waals surface area contributed by atoms with Crippen molar-refractivity contribution >= 4 is 6.03 Å². The molecule has 1 saturated heterocycles. The van der Waals surface area contributed by atoms with Crippen molar-refractivity contribution in [2.45, 2.75) is 32.9 Å². The molecular formula is C18H29N3O2. The standard InChI is InChI=1S/C18H29N3O2/c1-15-4-3-9-21(13-15)14-17-7-5-16(6-8-17)12-19-18(23)20(2)10-11-22/h5-8,15,22H,3-4,9-14H2,1-2H3,(H,19,23). The van der Waals surface area contributed by atoms with Crippen LogP contribution >= 0.6 is 0 Å². The van der Waals surface area contributed by atoms with Crippen molar-refractivity contribution in [2.24, 2.45) is 5.92 Å². The zero-order chi connectivity index (χ0) is 16.7. The fraction of sp³-hybridized carbons (Fsp3) is 0.611. The largest absolute Gasteiger partial charge is 0.395 e. The first-order chi connectivity index (χ1) is 11.1. The molecule has 0 radical (unpaired) electrons. The van der Waals surface area contributed by atoms with Gasteiger partial charge in [0, 0.05) is 33.2 Å². The number of benzene rings is 1. The number of urea groups is 1. The number of piperidine rings is 1. The van der Waals surface area contributed by atoms with Gasteiger partial charge in [0.2, 0.25) is 0 Å². The molecule has 23 heavy (non-hydrogen) atoms. The van der Waals surface area contributed by atoms with Crippen LogP contribution in [0.3, 0.4) is 0 Å². The van der Waals surface area contributed by atoms with Gasteiger partial charge in [0.1, 0.15) is 0 Å². The zero-order valence-corrected chi connectivity index (χ0v) is 14.3. The summed E-state index contributed by atoms with van der Waals surface area (Å²) in [4.78, 5) is 15.8. The Kier molecular flexibility index (Phi) is 6.86. The molecule has 1 aromatic carbocycles. The monoisotopic (exact) mass is 319 g/mol. The lowest BCUT2D eigenvalue weighted by molar-refractivity contribution is 0.176. The summed E-state index contributed by atoms with van der Waals surface area (Å²) in [5, 5.41) is 11.7. The normalized spacial score (nSPS) is 18.7. The van der Waals surface area contributed by atoms with E-state index in [1.54, 1.807) is 7.05 Å². The summed E-state index contributed by atoms with van der Waals surface area (Å²) in [7, 11) is 1.67. The summed E-state index contributed by atoms with van der Waals surface area (Å²) in [5.74, 6) is 0.800. The summed E-state index contributed by atoms with van der Waals surface area (Å²) in [6.45, 7) is 6.55. The Labute approximate surface area is 139 Å². The van der Waals surface area contributed by atoms with Crippen LogP contribution in [0.4, 0.5) is 4.79 Å². The molecule has 1 heterocycles. The second-order valence-corrected chi connectivity index (χ2v) is 6.60. The van der Waals surface area contributed by atoms with Crippen molar-refractivity contribution in [1.29, 1.82) is 0 Å².